The number of carboxylic acids is 1. The van der Waals surface area contributed by atoms with E-state index in [1.165, 1.54) is 25.7 Å². The lowest BCUT2D eigenvalue weighted by Gasteiger charge is -2.20. The molecule has 0 bridgehead atoms. The van der Waals surface area contributed by atoms with Gasteiger partial charge in [0.05, 0.1) is 19.8 Å². The van der Waals surface area contributed by atoms with Crippen LogP contribution in [0.25, 0.3) is 0 Å². The Balaban J connectivity index is 4.37. The Hall–Kier alpha value is -3.37. The molecular formula is C48H78NO9P. The number of carbonyl (C=O) groups excluding carboxylic acids is 1. The molecule has 0 aliphatic carbocycles. The van der Waals surface area contributed by atoms with Crippen LogP contribution in [-0.4, -0.2) is 60.5 Å². The smallest absolute Gasteiger partial charge is 0.472 e. The number of phosphoric acid groups is 1. The van der Waals surface area contributed by atoms with Crippen LogP contribution in [0.15, 0.2) is 109 Å². The predicted octanol–water partition coefficient (Wildman–Crippen LogP) is 12.3. The monoisotopic (exact) mass is 844 g/mol. The number of unbranched alkanes of at least 4 members (excludes halogenated alkanes) is 8. The van der Waals surface area contributed by atoms with E-state index in [4.69, 9.17) is 29.4 Å². The highest BCUT2D eigenvalue weighted by atomic mass is 31.2. The maximum Gasteiger partial charge on any atom is 0.472 e. The predicted molar refractivity (Wildman–Crippen MR) is 244 cm³/mol. The summed E-state index contributed by atoms with van der Waals surface area (Å²) in [5, 5.41) is 8.90. The first-order valence-electron chi connectivity index (χ1n) is 21.9. The summed E-state index contributed by atoms with van der Waals surface area (Å²) in [6.45, 7) is 3.53. The second-order valence-electron chi connectivity index (χ2n) is 14.1. The first-order chi connectivity index (χ1) is 28.7. The summed E-state index contributed by atoms with van der Waals surface area (Å²) in [5.41, 5.74) is 5.35. The van der Waals surface area contributed by atoms with E-state index < -0.39 is 45.1 Å². The molecule has 59 heavy (non-hydrogen) atoms. The molecule has 0 aliphatic rings. The summed E-state index contributed by atoms with van der Waals surface area (Å²) >= 11 is 0. The number of carboxylic acid groups (broad SMARTS) is 1. The second-order valence-corrected chi connectivity index (χ2v) is 15.5. The van der Waals surface area contributed by atoms with E-state index in [0.29, 0.717) is 19.4 Å². The summed E-state index contributed by atoms with van der Waals surface area (Å²) in [6, 6.07) is -1.49. The molecule has 0 aromatic carbocycles. The zero-order valence-electron chi connectivity index (χ0n) is 36.3. The molecule has 0 amide bonds. The minimum Gasteiger partial charge on any atom is -0.480 e. The molecule has 3 atom stereocenters. The number of nitrogens with two attached hydrogens (primary N) is 1. The van der Waals surface area contributed by atoms with Crippen LogP contribution < -0.4 is 5.73 Å². The third kappa shape index (κ3) is 42.6. The van der Waals surface area contributed by atoms with Gasteiger partial charge in [-0.25, -0.2) is 4.57 Å². The van der Waals surface area contributed by atoms with Crippen molar-refractivity contribution in [3.8, 4) is 0 Å². The Bertz CT molecular complexity index is 1350. The van der Waals surface area contributed by atoms with Gasteiger partial charge >= 0.3 is 19.8 Å². The molecule has 11 heteroatoms. The molecule has 0 aromatic rings. The fourth-order valence-corrected chi connectivity index (χ4v) is 5.99. The number of aliphatic carboxylic acids is 1. The molecule has 0 aliphatic heterocycles. The number of phosphoric ester groups is 1. The third-order valence-corrected chi connectivity index (χ3v) is 9.50. The average Bonchev–Trinajstić information content (AvgIpc) is 3.21. The summed E-state index contributed by atoms with van der Waals surface area (Å²) < 4.78 is 33.3. The van der Waals surface area contributed by atoms with Crippen molar-refractivity contribution in [1.29, 1.82) is 0 Å². The van der Waals surface area contributed by atoms with Crippen LogP contribution in [-0.2, 0) is 32.7 Å². The van der Waals surface area contributed by atoms with Gasteiger partial charge in [-0.2, -0.15) is 0 Å². The van der Waals surface area contributed by atoms with Crippen molar-refractivity contribution in [1.82, 2.24) is 0 Å². The molecule has 0 rings (SSSR count). The zero-order valence-corrected chi connectivity index (χ0v) is 37.2. The van der Waals surface area contributed by atoms with E-state index >= 15 is 0 Å². The fourth-order valence-electron chi connectivity index (χ4n) is 5.22. The minimum absolute atomic E-state index is 0.0214. The van der Waals surface area contributed by atoms with Gasteiger partial charge in [0.1, 0.15) is 12.1 Å². The van der Waals surface area contributed by atoms with Crippen LogP contribution in [0.5, 0.6) is 0 Å². The number of ether oxygens (including phenoxy) is 2. The Kier molecular flexibility index (Phi) is 40.3. The van der Waals surface area contributed by atoms with Crippen LogP contribution in [0, 0.1) is 0 Å². The fraction of sp³-hybridized carbons (Fsp3) is 0.583. The maximum atomic E-state index is 12.6. The molecule has 0 radical (unpaired) electrons. The van der Waals surface area contributed by atoms with Crippen molar-refractivity contribution in [3.05, 3.63) is 109 Å². The molecule has 334 valence electrons. The normalized spacial score (nSPS) is 14.9. The molecule has 0 aromatic heterocycles. The van der Waals surface area contributed by atoms with Gasteiger partial charge in [0.15, 0.2) is 0 Å². The van der Waals surface area contributed by atoms with Crippen molar-refractivity contribution < 1.29 is 42.7 Å². The van der Waals surface area contributed by atoms with Crippen molar-refractivity contribution >= 4 is 19.8 Å². The molecule has 0 fully saturated rings. The van der Waals surface area contributed by atoms with Gasteiger partial charge in [-0.3, -0.25) is 18.6 Å². The lowest BCUT2D eigenvalue weighted by atomic mass is 10.1. The van der Waals surface area contributed by atoms with Gasteiger partial charge in [-0.15, -0.1) is 0 Å². The molecule has 0 heterocycles. The topological polar surface area (TPSA) is 155 Å². The van der Waals surface area contributed by atoms with Gasteiger partial charge in [-0.1, -0.05) is 155 Å². The van der Waals surface area contributed by atoms with Crippen LogP contribution in [0.2, 0.25) is 0 Å². The molecular weight excluding hydrogens is 766 g/mol. The molecule has 10 nitrogen and oxygen atoms in total. The molecule has 0 spiro atoms. The van der Waals surface area contributed by atoms with Crippen LogP contribution in [0.3, 0.4) is 0 Å². The first-order valence-corrected chi connectivity index (χ1v) is 23.4. The lowest BCUT2D eigenvalue weighted by molar-refractivity contribution is -0.154. The summed E-state index contributed by atoms with van der Waals surface area (Å²) in [4.78, 5) is 33.5. The Morgan fingerprint density at radius 2 is 0.932 bits per heavy atom. The average molecular weight is 844 g/mol. The third-order valence-electron chi connectivity index (χ3n) is 8.55. The maximum absolute atomic E-state index is 12.6. The van der Waals surface area contributed by atoms with E-state index in [9.17, 15) is 19.0 Å². The standard InChI is InChI=1S/C48H78NO9P/c1-3-5-7-9-11-13-15-17-19-21-22-23-25-27-29-31-33-35-37-39-41-55-42-45(43-56-59(53,54)57-44-46(49)48(51)52)58-47(50)40-38-36-34-32-30-28-26-24-20-18-16-14-12-10-8-6-4-2/h5-8,11-14,17-20,22-23,26,28,32,34,45-46H,3-4,9-10,15-16,21,24-25,27,29-31,33,35-44,49H2,1-2H3,(H,51,52)(H,53,54)/b7-5-,8-6-,13-11-,14-12-,19-17-,20-18-,23-22-,28-26-,34-32-. The van der Waals surface area contributed by atoms with Gasteiger partial charge in [0.25, 0.3) is 0 Å². The summed E-state index contributed by atoms with van der Waals surface area (Å²) in [7, 11) is -4.64. The van der Waals surface area contributed by atoms with Gasteiger partial charge in [0, 0.05) is 13.0 Å². The summed E-state index contributed by atoms with van der Waals surface area (Å²) in [5.74, 6) is -1.86. The largest absolute Gasteiger partial charge is 0.480 e. The lowest BCUT2D eigenvalue weighted by Crippen LogP contribution is -2.34. The molecule has 0 saturated heterocycles. The number of esters is 1. The summed E-state index contributed by atoms with van der Waals surface area (Å²) in [6.07, 6.45) is 57.2. The number of allylic oxidation sites excluding steroid dienone is 18. The highest BCUT2D eigenvalue weighted by molar-refractivity contribution is 7.47. The molecule has 4 N–H and O–H groups in total. The van der Waals surface area contributed by atoms with Crippen LogP contribution in [0.1, 0.15) is 142 Å². The Labute approximate surface area is 357 Å². The quantitative estimate of drug-likeness (QED) is 0.0235. The first kappa shape index (κ1) is 55.6. The van der Waals surface area contributed by atoms with Gasteiger partial charge in [-0.05, 0) is 89.9 Å². The van der Waals surface area contributed by atoms with Crippen molar-refractivity contribution in [2.45, 2.75) is 154 Å². The second kappa shape index (κ2) is 42.7. The number of carbonyl (C=O) groups is 2. The van der Waals surface area contributed by atoms with E-state index in [0.717, 1.165) is 83.5 Å². The number of rotatable bonds is 40. The zero-order chi connectivity index (χ0) is 43.3. The van der Waals surface area contributed by atoms with Crippen LogP contribution in [0.4, 0.5) is 0 Å². The van der Waals surface area contributed by atoms with Crippen molar-refractivity contribution in [3.63, 3.8) is 0 Å². The van der Waals surface area contributed by atoms with Crippen molar-refractivity contribution in [2.24, 2.45) is 5.73 Å². The highest BCUT2D eigenvalue weighted by Gasteiger charge is 2.27. The van der Waals surface area contributed by atoms with Crippen LogP contribution >= 0.6 is 7.82 Å². The van der Waals surface area contributed by atoms with E-state index in [-0.39, 0.29) is 13.0 Å². The van der Waals surface area contributed by atoms with Gasteiger partial charge < -0.3 is 25.2 Å². The SMILES string of the molecule is CC/C=C\C/C=C\C/C=C\C/C=C\C/C=C\CCCC(=O)OC(COCCCCCCCCC/C=C\C/C=C\C/C=C\C/C=C\CC)COP(=O)(O)OCC(N)C(=O)O. The number of hydrogen-bond acceptors (Lipinski definition) is 8. The highest BCUT2D eigenvalue weighted by Crippen LogP contribution is 2.43. The van der Waals surface area contributed by atoms with Gasteiger partial charge in [0.2, 0.25) is 0 Å². The number of hydrogen-bond donors (Lipinski definition) is 3. The Morgan fingerprint density at radius 3 is 1.39 bits per heavy atom. The van der Waals surface area contributed by atoms with E-state index in [1.807, 2.05) is 6.08 Å². The van der Waals surface area contributed by atoms with Crippen molar-refractivity contribution in [2.75, 3.05) is 26.4 Å². The Morgan fingerprint density at radius 1 is 0.542 bits per heavy atom. The minimum atomic E-state index is -4.64. The molecule has 0 saturated carbocycles. The van der Waals surface area contributed by atoms with E-state index in [2.05, 4.69) is 117 Å². The van der Waals surface area contributed by atoms with E-state index in [1.54, 1.807) is 0 Å². The molecule has 3 unspecified atom stereocenters.